The quantitative estimate of drug-likeness (QED) is 0.622. The molecule has 4 nitrogen and oxygen atoms in total. The topological polar surface area (TPSA) is 45.3 Å². The minimum Gasteiger partial charge on any atom is -0.383 e. The molecule has 29 heavy (non-hydrogen) atoms. The number of nitrogens with zero attached hydrogens (tertiary/aromatic N) is 1. The van der Waals surface area contributed by atoms with Gasteiger partial charge in [0.25, 0.3) is 5.91 Å². The summed E-state index contributed by atoms with van der Waals surface area (Å²) >= 11 is 0. The van der Waals surface area contributed by atoms with Crippen molar-refractivity contribution in [2.45, 2.75) is 38.0 Å². The smallest absolute Gasteiger partial charge is 0.255 e. The first-order valence-corrected chi connectivity index (χ1v) is 10.5. The number of ether oxygens (including phenoxy) is 1. The average molecular weight is 391 g/mol. The molecule has 0 bridgehead atoms. The third-order valence-electron chi connectivity index (χ3n) is 6.56. The number of aromatic amines is 1. The number of carbonyl (C=O) groups excluding carboxylic acids is 1. The maximum absolute atomic E-state index is 13.0. The van der Waals surface area contributed by atoms with Crippen LogP contribution in [0.5, 0.6) is 0 Å². The van der Waals surface area contributed by atoms with Gasteiger partial charge in [-0.25, -0.2) is 0 Å². The number of hydrogen-bond acceptors (Lipinski definition) is 2. The van der Waals surface area contributed by atoms with Crippen LogP contribution >= 0.6 is 0 Å². The summed E-state index contributed by atoms with van der Waals surface area (Å²) in [7, 11) is 3.48. The molecule has 1 heterocycles. The first-order chi connectivity index (χ1) is 14.1. The number of likely N-dealkylation sites (N-methyl/N-ethyl adjacent to an activating group) is 1. The molecule has 1 aromatic heterocycles. The predicted octanol–water partition coefficient (Wildman–Crippen LogP) is 4.92. The molecule has 0 saturated heterocycles. The number of amides is 1. The van der Waals surface area contributed by atoms with Crippen molar-refractivity contribution in [3.63, 3.8) is 0 Å². The lowest BCUT2D eigenvalue weighted by Gasteiger charge is -2.43. The van der Waals surface area contributed by atoms with Gasteiger partial charge in [0, 0.05) is 37.7 Å². The SMILES string of the molecule is CCc1ccc(C2(c3c[nH]c4c(C(=O)N(C)CCOC)cccc34)CCC2)cc1. The van der Waals surface area contributed by atoms with Crippen LogP contribution in [-0.2, 0) is 16.6 Å². The standard InChI is InChI=1S/C25H30N2O2/c1-4-18-9-11-19(12-10-18)25(13-6-14-25)22-17-26-23-20(22)7-5-8-21(23)24(28)27(2)15-16-29-3/h5,7-12,17,26H,4,6,13-16H2,1-3H3. The summed E-state index contributed by atoms with van der Waals surface area (Å²) in [4.78, 5) is 18.2. The van der Waals surface area contributed by atoms with E-state index in [1.54, 1.807) is 12.0 Å². The highest BCUT2D eigenvalue weighted by Gasteiger charge is 2.42. The summed E-state index contributed by atoms with van der Waals surface area (Å²) in [5.74, 6) is 0.0241. The minimum atomic E-state index is 0.0241. The van der Waals surface area contributed by atoms with Crippen LogP contribution < -0.4 is 0 Å². The number of para-hydroxylation sites is 1. The molecule has 1 saturated carbocycles. The summed E-state index contributed by atoms with van der Waals surface area (Å²) in [5, 5.41) is 1.16. The largest absolute Gasteiger partial charge is 0.383 e. The monoisotopic (exact) mass is 390 g/mol. The molecule has 0 unspecified atom stereocenters. The molecule has 0 aliphatic heterocycles. The molecule has 1 aliphatic rings. The Hall–Kier alpha value is -2.59. The van der Waals surface area contributed by atoms with Crippen molar-refractivity contribution < 1.29 is 9.53 Å². The lowest BCUT2D eigenvalue weighted by Crippen LogP contribution is -2.35. The predicted molar refractivity (Wildman–Crippen MR) is 118 cm³/mol. The molecular formula is C25H30N2O2. The molecule has 0 atom stereocenters. The van der Waals surface area contributed by atoms with Crippen molar-refractivity contribution in [3.8, 4) is 0 Å². The van der Waals surface area contributed by atoms with E-state index < -0.39 is 0 Å². The number of nitrogens with one attached hydrogen (secondary N) is 1. The van der Waals surface area contributed by atoms with Crippen molar-refractivity contribution in [1.82, 2.24) is 9.88 Å². The molecule has 4 rings (SSSR count). The van der Waals surface area contributed by atoms with Crippen LogP contribution in [0, 0.1) is 0 Å². The fourth-order valence-electron chi connectivity index (χ4n) is 4.57. The van der Waals surface area contributed by atoms with E-state index in [2.05, 4.69) is 48.4 Å². The number of aryl methyl sites for hydroxylation is 1. The van der Waals surface area contributed by atoms with Gasteiger partial charge in [0.15, 0.2) is 0 Å². The fourth-order valence-corrected chi connectivity index (χ4v) is 4.57. The third-order valence-corrected chi connectivity index (χ3v) is 6.56. The van der Waals surface area contributed by atoms with Crippen molar-refractivity contribution >= 4 is 16.8 Å². The molecule has 1 fully saturated rings. The van der Waals surface area contributed by atoms with Crippen LogP contribution in [0.15, 0.2) is 48.7 Å². The van der Waals surface area contributed by atoms with Crippen molar-refractivity contribution in [2.24, 2.45) is 0 Å². The summed E-state index contributed by atoms with van der Waals surface area (Å²) in [5.41, 5.74) is 5.78. The van der Waals surface area contributed by atoms with Gasteiger partial charge in [0.1, 0.15) is 0 Å². The average Bonchev–Trinajstić information content (AvgIpc) is 3.15. The Bertz CT molecular complexity index is 999. The van der Waals surface area contributed by atoms with Crippen LogP contribution in [0.25, 0.3) is 10.9 Å². The first-order valence-electron chi connectivity index (χ1n) is 10.5. The van der Waals surface area contributed by atoms with Crippen LogP contribution in [0.1, 0.15) is 53.2 Å². The Kier molecular flexibility index (Phi) is 5.46. The Morgan fingerprint density at radius 2 is 1.93 bits per heavy atom. The number of benzene rings is 2. The zero-order chi connectivity index (χ0) is 20.4. The maximum atomic E-state index is 13.0. The van der Waals surface area contributed by atoms with Gasteiger partial charge in [0.2, 0.25) is 0 Å². The normalized spacial score (nSPS) is 15.3. The van der Waals surface area contributed by atoms with E-state index in [1.165, 1.54) is 23.1 Å². The number of H-pyrrole nitrogens is 1. The molecule has 0 spiro atoms. The molecule has 152 valence electrons. The second kappa shape index (κ2) is 8.03. The maximum Gasteiger partial charge on any atom is 0.255 e. The van der Waals surface area contributed by atoms with Crippen molar-refractivity contribution in [1.29, 1.82) is 0 Å². The van der Waals surface area contributed by atoms with Gasteiger partial charge in [-0.2, -0.15) is 0 Å². The minimum absolute atomic E-state index is 0.0241. The zero-order valence-corrected chi connectivity index (χ0v) is 17.6. The van der Waals surface area contributed by atoms with E-state index in [0.29, 0.717) is 13.2 Å². The van der Waals surface area contributed by atoms with Gasteiger partial charge in [-0.05, 0) is 42.0 Å². The Balaban J connectivity index is 1.74. The van der Waals surface area contributed by atoms with Crippen LogP contribution in [0.3, 0.4) is 0 Å². The lowest BCUT2D eigenvalue weighted by atomic mass is 9.60. The third kappa shape index (κ3) is 3.36. The van der Waals surface area contributed by atoms with Crippen LogP contribution in [0.4, 0.5) is 0 Å². The number of methoxy groups -OCH3 is 1. The molecule has 0 radical (unpaired) electrons. The van der Waals surface area contributed by atoms with E-state index in [1.807, 2.05) is 19.2 Å². The van der Waals surface area contributed by atoms with Crippen LogP contribution in [0.2, 0.25) is 0 Å². The molecule has 4 heteroatoms. The van der Waals surface area contributed by atoms with E-state index in [-0.39, 0.29) is 11.3 Å². The van der Waals surface area contributed by atoms with Gasteiger partial charge in [0.05, 0.1) is 17.7 Å². The lowest BCUT2D eigenvalue weighted by molar-refractivity contribution is 0.0746. The summed E-state index contributed by atoms with van der Waals surface area (Å²) in [6, 6.07) is 15.2. The van der Waals surface area contributed by atoms with Gasteiger partial charge >= 0.3 is 0 Å². The fraction of sp³-hybridized carbons (Fsp3) is 0.400. The Morgan fingerprint density at radius 1 is 1.17 bits per heavy atom. The first kappa shape index (κ1) is 19.7. The summed E-state index contributed by atoms with van der Waals surface area (Å²) in [6.07, 6.45) is 6.72. The van der Waals surface area contributed by atoms with Gasteiger partial charge < -0.3 is 14.6 Å². The van der Waals surface area contributed by atoms with E-state index in [0.717, 1.165) is 35.7 Å². The number of hydrogen-bond donors (Lipinski definition) is 1. The molecule has 1 amide bonds. The summed E-state index contributed by atoms with van der Waals surface area (Å²) < 4.78 is 5.12. The molecular weight excluding hydrogens is 360 g/mol. The number of fused-ring (bicyclic) bond motifs is 1. The van der Waals surface area contributed by atoms with Crippen LogP contribution in [-0.4, -0.2) is 43.1 Å². The molecule has 1 N–H and O–H groups in total. The molecule has 1 aliphatic carbocycles. The Morgan fingerprint density at radius 3 is 2.55 bits per heavy atom. The number of aromatic nitrogens is 1. The van der Waals surface area contributed by atoms with E-state index in [4.69, 9.17) is 4.74 Å². The number of rotatable bonds is 7. The zero-order valence-electron chi connectivity index (χ0n) is 17.6. The highest BCUT2D eigenvalue weighted by Crippen LogP contribution is 2.51. The summed E-state index contributed by atoms with van der Waals surface area (Å²) in [6.45, 7) is 3.30. The van der Waals surface area contributed by atoms with E-state index >= 15 is 0 Å². The second-order valence-electron chi connectivity index (χ2n) is 8.14. The van der Waals surface area contributed by atoms with Gasteiger partial charge in [-0.15, -0.1) is 0 Å². The van der Waals surface area contributed by atoms with Crippen molar-refractivity contribution in [3.05, 3.63) is 70.9 Å². The van der Waals surface area contributed by atoms with Gasteiger partial charge in [-0.3, -0.25) is 4.79 Å². The second-order valence-corrected chi connectivity index (χ2v) is 8.14. The highest BCUT2D eigenvalue weighted by molar-refractivity contribution is 6.06. The van der Waals surface area contributed by atoms with Crippen molar-refractivity contribution in [2.75, 3.05) is 27.3 Å². The molecule has 3 aromatic rings. The Labute approximate surface area is 172 Å². The molecule has 2 aromatic carbocycles. The van der Waals surface area contributed by atoms with E-state index in [9.17, 15) is 4.79 Å². The number of carbonyl (C=O) groups is 1. The highest BCUT2D eigenvalue weighted by atomic mass is 16.5. The van der Waals surface area contributed by atoms with Gasteiger partial charge in [-0.1, -0.05) is 49.7 Å².